The Labute approximate surface area is 152 Å². The summed E-state index contributed by atoms with van der Waals surface area (Å²) in [6, 6.07) is 9.60. The van der Waals surface area contributed by atoms with Crippen LogP contribution in [0.25, 0.3) is 0 Å². The van der Waals surface area contributed by atoms with E-state index in [4.69, 9.17) is 32.7 Å². The third-order valence-corrected chi connectivity index (χ3v) is 3.54. The Bertz CT molecular complexity index is 850. The number of amides is 2. The van der Waals surface area contributed by atoms with Gasteiger partial charge in [0, 0.05) is 15.7 Å². The lowest BCUT2D eigenvalue weighted by molar-refractivity contribution is -0.136. The molecule has 1 heterocycles. The first-order valence-electron chi connectivity index (χ1n) is 7.01. The minimum absolute atomic E-state index is 0.167. The molecule has 2 amide bonds. The van der Waals surface area contributed by atoms with E-state index in [1.165, 1.54) is 24.4 Å². The van der Waals surface area contributed by atoms with Gasteiger partial charge < -0.3 is 14.8 Å². The van der Waals surface area contributed by atoms with Crippen LogP contribution in [0.1, 0.15) is 5.56 Å². The summed E-state index contributed by atoms with van der Waals surface area (Å²) in [6.07, 6.45) is 1.38. The Morgan fingerprint density at radius 1 is 1.00 bits per heavy atom. The van der Waals surface area contributed by atoms with Gasteiger partial charge in [-0.05, 0) is 42.0 Å². The molecular weight excluding hydrogens is 369 g/mol. The van der Waals surface area contributed by atoms with Crippen LogP contribution in [-0.4, -0.2) is 24.8 Å². The minimum atomic E-state index is -0.937. The van der Waals surface area contributed by atoms with Gasteiger partial charge in [-0.25, -0.2) is 5.43 Å². The fraction of sp³-hybridized carbons (Fsp3) is 0.0625. The van der Waals surface area contributed by atoms with Crippen LogP contribution in [0.3, 0.4) is 0 Å². The number of hydrogen-bond donors (Lipinski definition) is 2. The van der Waals surface area contributed by atoms with Gasteiger partial charge in [0.15, 0.2) is 11.5 Å². The predicted molar refractivity (Wildman–Crippen MR) is 93.4 cm³/mol. The SMILES string of the molecule is O=C(N/N=C/c1ccc2c(c1)OCO2)C(=O)Nc1cc(Cl)cc(Cl)c1. The molecule has 0 atom stereocenters. The molecule has 3 rings (SSSR count). The highest BCUT2D eigenvalue weighted by atomic mass is 35.5. The molecule has 9 heteroatoms. The van der Waals surface area contributed by atoms with Crippen LogP contribution in [0.15, 0.2) is 41.5 Å². The normalized spacial score (nSPS) is 12.2. The first-order valence-corrected chi connectivity index (χ1v) is 7.77. The largest absolute Gasteiger partial charge is 0.454 e. The first-order chi connectivity index (χ1) is 12.0. The van der Waals surface area contributed by atoms with Gasteiger partial charge in [-0.1, -0.05) is 23.2 Å². The fourth-order valence-corrected chi connectivity index (χ4v) is 2.55. The van der Waals surface area contributed by atoms with Crippen molar-refractivity contribution in [2.75, 3.05) is 12.1 Å². The molecule has 1 aliphatic heterocycles. The fourth-order valence-electron chi connectivity index (χ4n) is 2.02. The highest BCUT2D eigenvalue weighted by Gasteiger charge is 2.14. The van der Waals surface area contributed by atoms with E-state index in [2.05, 4.69) is 15.8 Å². The third-order valence-electron chi connectivity index (χ3n) is 3.10. The second kappa shape index (κ2) is 7.42. The number of rotatable bonds is 3. The summed E-state index contributed by atoms with van der Waals surface area (Å²) in [6.45, 7) is 0.167. The van der Waals surface area contributed by atoms with Crippen LogP contribution in [0.5, 0.6) is 11.5 Å². The number of nitrogens with zero attached hydrogens (tertiary/aromatic N) is 1. The molecule has 0 radical (unpaired) electrons. The molecule has 0 spiro atoms. The van der Waals surface area contributed by atoms with Crippen LogP contribution >= 0.6 is 23.2 Å². The molecule has 0 aliphatic carbocycles. The number of ether oxygens (including phenoxy) is 2. The number of halogens is 2. The maximum atomic E-state index is 11.8. The van der Waals surface area contributed by atoms with Crippen molar-refractivity contribution in [3.63, 3.8) is 0 Å². The van der Waals surface area contributed by atoms with Crippen LogP contribution < -0.4 is 20.2 Å². The summed E-state index contributed by atoms with van der Waals surface area (Å²) in [5, 5.41) is 6.78. The number of hydrogen-bond acceptors (Lipinski definition) is 5. The highest BCUT2D eigenvalue weighted by Crippen LogP contribution is 2.31. The molecule has 2 aromatic rings. The molecule has 2 N–H and O–H groups in total. The molecule has 128 valence electrons. The molecule has 0 unspecified atom stereocenters. The van der Waals surface area contributed by atoms with Crippen molar-refractivity contribution in [3.8, 4) is 11.5 Å². The van der Waals surface area contributed by atoms with Gasteiger partial charge in [-0.15, -0.1) is 0 Å². The van der Waals surface area contributed by atoms with Gasteiger partial charge in [-0.3, -0.25) is 9.59 Å². The van der Waals surface area contributed by atoms with Crippen molar-refractivity contribution >= 4 is 46.9 Å². The average Bonchev–Trinajstić information content (AvgIpc) is 3.01. The van der Waals surface area contributed by atoms with E-state index in [1.54, 1.807) is 18.2 Å². The number of carbonyl (C=O) groups is 2. The number of fused-ring (bicyclic) bond motifs is 1. The molecule has 0 saturated heterocycles. The number of anilines is 1. The van der Waals surface area contributed by atoms with Crippen molar-refractivity contribution in [1.29, 1.82) is 0 Å². The second-order valence-electron chi connectivity index (χ2n) is 4.92. The molecule has 7 nitrogen and oxygen atoms in total. The molecule has 0 bridgehead atoms. The van der Waals surface area contributed by atoms with Crippen LogP contribution in [-0.2, 0) is 9.59 Å². The Kier molecular flexibility index (Phi) is 5.06. The van der Waals surface area contributed by atoms with E-state index in [0.717, 1.165) is 0 Å². The third kappa shape index (κ3) is 4.40. The van der Waals surface area contributed by atoms with Crippen molar-refractivity contribution in [1.82, 2.24) is 5.43 Å². The zero-order chi connectivity index (χ0) is 17.8. The van der Waals surface area contributed by atoms with E-state index in [-0.39, 0.29) is 6.79 Å². The summed E-state index contributed by atoms with van der Waals surface area (Å²) >= 11 is 11.7. The molecule has 0 saturated carbocycles. The van der Waals surface area contributed by atoms with Crippen LogP contribution in [0.2, 0.25) is 10.0 Å². The maximum Gasteiger partial charge on any atom is 0.329 e. The van der Waals surface area contributed by atoms with Gasteiger partial charge in [0.1, 0.15) is 0 Å². The van der Waals surface area contributed by atoms with E-state index < -0.39 is 11.8 Å². The highest BCUT2D eigenvalue weighted by molar-refractivity contribution is 6.40. The zero-order valence-corrected chi connectivity index (χ0v) is 14.1. The molecular formula is C16H11Cl2N3O4. The lowest BCUT2D eigenvalue weighted by Crippen LogP contribution is -2.32. The lowest BCUT2D eigenvalue weighted by atomic mass is 10.2. The topological polar surface area (TPSA) is 89.0 Å². The summed E-state index contributed by atoms with van der Waals surface area (Å²) in [5.74, 6) is -0.610. The number of nitrogens with one attached hydrogen (secondary N) is 2. The summed E-state index contributed by atoms with van der Waals surface area (Å²) in [7, 11) is 0. The smallest absolute Gasteiger partial charge is 0.329 e. The molecule has 0 fully saturated rings. The van der Waals surface area contributed by atoms with Gasteiger partial charge in [0.25, 0.3) is 0 Å². The van der Waals surface area contributed by atoms with E-state index in [1.807, 2.05) is 0 Å². The molecule has 25 heavy (non-hydrogen) atoms. The quantitative estimate of drug-likeness (QED) is 0.487. The zero-order valence-electron chi connectivity index (χ0n) is 12.6. The van der Waals surface area contributed by atoms with Gasteiger partial charge in [0.2, 0.25) is 6.79 Å². The van der Waals surface area contributed by atoms with E-state index in [9.17, 15) is 9.59 Å². The van der Waals surface area contributed by atoms with Gasteiger partial charge >= 0.3 is 11.8 Å². The first kappa shape index (κ1) is 17.1. The van der Waals surface area contributed by atoms with Crippen molar-refractivity contribution in [2.45, 2.75) is 0 Å². The molecule has 1 aliphatic rings. The number of benzene rings is 2. The lowest BCUT2D eigenvalue weighted by Gasteiger charge is -2.05. The summed E-state index contributed by atoms with van der Waals surface area (Å²) < 4.78 is 10.4. The minimum Gasteiger partial charge on any atom is -0.454 e. The Morgan fingerprint density at radius 2 is 1.72 bits per heavy atom. The Balaban J connectivity index is 1.57. The van der Waals surface area contributed by atoms with Crippen molar-refractivity contribution < 1.29 is 19.1 Å². The summed E-state index contributed by atoms with van der Waals surface area (Å²) in [5.41, 5.74) is 3.10. The molecule has 2 aromatic carbocycles. The Hall–Kier alpha value is -2.77. The van der Waals surface area contributed by atoms with Crippen LogP contribution in [0, 0.1) is 0 Å². The average molecular weight is 380 g/mol. The van der Waals surface area contributed by atoms with Crippen molar-refractivity contribution in [2.24, 2.45) is 5.10 Å². The second-order valence-corrected chi connectivity index (χ2v) is 5.80. The number of carbonyl (C=O) groups excluding carboxylic acids is 2. The van der Waals surface area contributed by atoms with E-state index >= 15 is 0 Å². The monoisotopic (exact) mass is 379 g/mol. The number of hydrazone groups is 1. The Morgan fingerprint density at radius 3 is 2.48 bits per heavy atom. The van der Waals surface area contributed by atoms with Crippen molar-refractivity contribution in [3.05, 3.63) is 52.0 Å². The van der Waals surface area contributed by atoms with Crippen LogP contribution in [0.4, 0.5) is 5.69 Å². The maximum absolute atomic E-state index is 11.8. The summed E-state index contributed by atoms with van der Waals surface area (Å²) in [4.78, 5) is 23.6. The predicted octanol–water partition coefficient (Wildman–Crippen LogP) is 2.81. The van der Waals surface area contributed by atoms with Gasteiger partial charge in [0.05, 0.1) is 6.21 Å². The standard InChI is InChI=1S/C16H11Cl2N3O4/c17-10-4-11(18)6-12(5-10)20-15(22)16(23)21-19-7-9-1-2-13-14(3-9)25-8-24-13/h1-7H,8H2,(H,20,22)(H,21,23)/b19-7+. The van der Waals surface area contributed by atoms with E-state index in [0.29, 0.717) is 32.8 Å². The van der Waals surface area contributed by atoms with Gasteiger partial charge in [-0.2, -0.15) is 5.10 Å². The molecule has 0 aromatic heterocycles.